The van der Waals surface area contributed by atoms with Crippen LogP contribution in [0.15, 0.2) is 23.2 Å². The third kappa shape index (κ3) is 7.65. The summed E-state index contributed by atoms with van der Waals surface area (Å²) < 4.78 is 35.8. The van der Waals surface area contributed by atoms with Crippen molar-refractivity contribution in [1.82, 2.24) is 0 Å². The summed E-state index contributed by atoms with van der Waals surface area (Å²) in [5.74, 6) is -0.159. The topological polar surface area (TPSA) is 32.6 Å². The fourth-order valence-corrected chi connectivity index (χ4v) is 1.41. The second-order valence-electron chi connectivity index (χ2n) is 4.79. The van der Waals surface area contributed by atoms with Gasteiger partial charge in [-0.2, -0.15) is 4.99 Å². The van der Waals surface area contributed by atoms with E-state index in [1.54, 1.807) is 12.1 Å². The van der Waals surface area contributed by atoms with Gasteiger partial charge in [0.15, 0.2) is 0 Å². The number of aromatic hydroxyl groups is 1. The molecule has 0 aliphatic rings. The normalized spacial score (nSPS) is 12.0. The molecule has 0 radical (unpaired) electrons. The molecule has 1 rings (SSSR count). The number of phenols is 1. The molecule has 0 saturated carbocycles. The first-order chi connectivity index (χ1) is 9.03. The molecule has 0 unspecified atom stereocenters. The Morgan fingerprint density at radius 2 is 1.70 bits per heavy atom. The molecule has 0 aliphatic heterocycles. The summed E-state index contributed by atoms with van der Waals surface area (Å²) in [6.07, 6.45) is -3.99. The zero-order valence-electron chi connectivity index (χ0n) is 11.1. The molecule has 0 amide bonds. The first-order valence-corrected chi connectivity index (χ1v) is 11.8. The van der Waals surface area contributed by atoms with Crippen LogP contribution >= 0.6 is 17.0 Å². The minimum atomic E-state index is -4.62. The van der Waals surface area contributed by atoms with E-state index in [0.717, 1.165) is 0 Å². The number of phenolic OH excluding ortho intramolecular Hbond substituents is 1. The van der Waals surface area contributed by atoms with Gasteiger partial charge in [0.25, 0.3) is 0 Å². The Labute approximate surface area is 134 Å². The molecule has 0 spiro atoms. The van der Waals surface area contributed by atoms with Gasteiger partial charge < -0.3 is 5.11 Å². The molecular formula is C12H14Cl2F3NOZr. The van der Waals surface area contributed by atoms with E-state index in [0.29, 0.717) is 11.8 Å². The molecule has 1 aromatic carbocycles. The summed E-state index contributed by atoms with van der Waals surface area (Å²) >= 11 is -0.826. The van der Waals surface area contributed by atoms with Gasteiger partial charge >= 0.3 is 44.2 Å². The summed E-state index contributed by atoms with van der Waals surface area (Å²) in [4.78, 5) is 2.43. The molecule has 1 aromatic rings. The quantitative estimate of drug-likeness (QED) is 0.516. The van der Waals surface area contributed by atoms with Gasteiger partial charge in [-0.3, -0.25) is 0 Å². The van der Waals surface area contributed by atoms with Crippen LogP contribution in [0.1, 0.15) is 31.9 Å². The van der Waals surface area contributed by atoms with E-state index in [4.69, 9.17) is 17.0 Å². The van der Waals surface area contributed by atoms with Crippen LogP contribution in [0.2, 0.25) is 0 Å². The number of nitrogens with zero attached hydrogens (tertiary/aromatic N) is 1. The van der Waals surface area contributed by atoms with E-state index in [-0.39, 0.29) is 16.7 Å². The number of alkyl halides is 3. The molecule has 2 nitrogen and oxygen atoms in total. The molecular weight excluding hydrogens is 393 g/mol. The average Bonchev–Trinajstić information content (AvgIpc) is 2.26. The van der Waals surface area contributed by atoms with Crippen LogP contribution < -0.4 is 0 Å². The van der Waals surface area contributed by atoms with Crippen molar-refractivity contribution in [3.63, 3.8) is 0 Å². The maximum atomic E-state index is 11.9. The van der Waals surface area contributed by atoms with Crippen molar-refractivity contribution in [1.29, 1.82) is 0 Å². The fraction of sp³-hybridized carbons (Fsp3) is 0.417. The van der Waals surface area contributed by atoms with E-state index in [2.05, 4.69) is 4.99 Å². The van der Waals surface area contributed by atoms with Gasteiger partial charge in [0.05, 0.1) is 0 Å². The number of benzene rings is 1. The van der Waals surface area contributed by atoms with E-state index in [9.17, 15) is 18.3 Å². The molecule has 1 N–H and O–H groups in total. The van der Waals surface area contributed by atoms with Gasteiger partial charge in [-0.25, -0.2) is 0 Å². The van der Waals surface area contributed by atoms with Crippen LogP contribution in [-0.2, 0) is 26.3 Å². The van der Waals surface area contributed by atoms with Crippen LogP contribution in [0.5, 0.6) is 5.75 Å². The minimum absolute atomic E-state index is 0.0646. The fourth-order valence-electron chi connectivity index (χ4n) is 1.41. The van der Waals surface area contributed by atoms with Gasteiger partial charge in [-0.15, -0.1) is 13.2 Å². The molecule has 0 saturated heterocycles. The molecule has 0 heterocycles. The molecule has 0 atom stereocenters. The van der Waals surface area contributed by atoms with Crippen molar-refractivity contribution in [2.45, 2.75) is 32.5 Å². The van der Waals surface area contributed by atoms with Crippen LogP contribution in [0.25, 0.3) is 0 Å². The second-order valence-corrected chi connectivity index (χ2v) is 8.52. The average molecular weight is 407 g/mol. The Morgan fingerprint density at radius 3 is 2.10 bits per heavy atom. The monoisotopic (exact) mass is 405 g/mol. The Hall–Kier alpha value is -0.0569. The summed E-state index contributed by atoms with van der Waals surface area (Å²) in [5, 5.41) is 9.86. The van der Waals surface area contributed by atoms with E-state index < -0.39 is 27.1 Å². The van der Waals surface area contributed by atoms with E-state index in [1.807, 2.05) is 20.8 Å². The first kappa shape index (κ1) is 19.9. The second kappa shape index (κ2) is 8.40. The molecule has 20 heavy (non-hydrogen) atoms. The van der Waals surface area contributed by atoms with Gasteiger partial charge in [-0.05, 0) is 17.0 Å². The Balaban J connectivity index is 0.00000110. The Bertz CT molecular complexity index is 459. The molecule has 0 bridgehead atoms. The van der Waals surface area contributed by atoms with Crippen LogP contribution in [0, 0.1) is 0 Å². The number of para-hydroxylation sites is 1. The van der Waals surface area contributed by atoms with E-state index in [1.165, 1.54) is 6.07 Å². The number of halogens is 5. The van der Waals surface area contributed by atoms with Gasteiger partial charge in [0.2, 0.25) is 0 Å². The summed E-state index contributed by atoms with van der Waals surface area (Å²) in [5.41, 5.74) is 0.310. The molecule has 112 valence electrons. The molecule has 0 fully saturated rings. The van der Waals surface area contributed by atoms with Crippen molar-refractivity contribution in [3.8, 4) is 5.75 Å². The van der Waals surface area contributed by atoms with Crippen molar-refractivity contribution >= 4 is 23.2 Å². The Morgan fingerprint density at radius 1 is 1.20 bits per heavy atom. The van der Waals surface area contributed by atoms with Crippen molar-refractivity contribution in [2.24, 2.45) is 4.99 Å². The summed E-state index contributed by atoms with van der Waals surface area (Å²) in [6.45, 7) is 5.60. The number of aliphatic imine (C=N–C) groups is 1. The third-order valence-electron chi connectivity index (χ3n) is 2.23. The Kier molecular flexibility index (Phi) is 8.38. The predicted molar refractivity (Wildman–Crippen MR) is 72.2 cm³/mol. The molecule has 0 aliphatic carbocycles. The zero-order valence-corrected chi connectivity index (χ0v) is 15.1. The standard InChI is InChI=1S/C12H14F3NO.2ClH.Zr/c1-11(2,3)9-6-4-5-8(10(9)17)7-16-12(13,14)15;;;/h4-7,17H,1-3H3;2*1H;/q;;;+2/p-2. The van der Waals surface area contributed by atoms with Crippen LogP contribution in [-0.4, -0.2) is 17.6 Å². The summed E-state index contributed by atoms with van der Waals surface area (Å²) in [6, 6.07) is 4.66. The van der Waals surface area contributed by atoms with Crippen molar-refractivity contribution in [2.75, 3.05) is 0 Å². The number of hydrogen-bond donors (Lipinski definition) is 1. The van der Waals surface area contributed by atoms with Crippen LogP contribution in [0.3, 0.4) is 0 Å². The summed E-state index contributed by atoms with van der Waals surface area (Å²) in [7, 11) is 9.87. The number of rotatable bonds is 1. The first-order valence-electron chi connectivity index (χ1n) is 5.43. The van der Waals surface area contributed by atoms with Gasteiger partial charge in [0.1, 0.15) is 5.75 Å². The van der Waals surface area contributed by atoms with Crippen molar-refractivity contribution < 1.29 is 39.1 Å². The molecule has 8 heteroatoms. The van der Waals surface area contributed by atoms with Crippen LogP contribution in [0.4, 0.5) is 13.2 Å². The van der Waals surface area contributed by atoms with Gasteiger partial charge in [-0.1, -0.05) is 32.9 Å². The SMILES string of the molecule is CC(C)(C)c1cccc(C=NC(F)(F)F)c1O.[Cl][Zr][Cl]. The van der Waals surface area contributed by atoms with Gasteiger partial charge in [0, 0.05) is 11.8 Å². The third-order valence-corrected chi connectivity index (χ3v) is 2.23. The maximum absolute atomic E-state index is 11.9. The predicted octanol–water partition coefficient (Wildman–Crippen LogP) is 5.00. The van der Waals surface area contributed by atoms with Crippen molar-refractivity contribution in [3.05, 3.63) is 29.3 Å². The zero-order chi connectivity index (χ0) is 16.0. The number of hydrogen-bond acceptors (Lipinski definition) is 2. The van der Waals surface area contributed by atoms with E-state index >= 15 is 0 Å². The molecule has 0 aromatic heterocycles.